The number of carbonyl (C=O) groups excluding carboxylic acids is 8. The number of amides is 7. The van der Waals surface area contributed by atoms with E-state index in [0.29, 0.717) is 47.7 Å². The highest BCUT2D eigenvalue weighted by Crippen LogP contribution is 2.43. The van der Waals surface area contributed by atoms with Crippen molar-refractivity contribution in [2.75, 3.05) is 46.9 Å². The Bertz CT molecular complexity index is 2930. The van der Waals surface area contributed by atoms with Gasteiger partial charge in [0.25, 0.3) is 17.4 Å². The third kappa shape index (κ3) is 12.6. The SMILES string of the molecule is CC[C@@]1(O)C(=O)OCc2c1cc1n(c2=O)Cc2c-1nc1cc3c(cc1c2CCCCOCNC(=O)[C@H](C)NC(=O)[C@H](C)NC(=O)[C@H](CCC(=O)N(C)C[C@H](O)[C@@H](O)[C@H](O)[C@H](O)CO)NC(=O)CCN1C(=O)C=CC1=O)OCO3. The van der Waals surface area contributed by atoms with Gasteiger partial charge in [-0.25, -0.2) is 9.78 Å². The van der Waals surface area contributed by atoms with Crippen LogP contribution in [-0.4, -0.2) is 187 Å². The van der Waals surface area contributed by atoms with E-state index in [1.165, 1.54) is 20.9 Å². The van der Waals surface area contributed by atoms with Crippen LogP contribution in [0.2, 0.25) is 0 Å². The molecule has 27 heteroatoms. The number of likely N-dealkylation sites (N-methyl/N-ethyl adjacent to an activating group) is 1. The topological polar surface area (TPSA) is 384 Å². The van der Waals surface area contributed by atoms with E-state index in [2.05, 4.69) is 21.3 Å². The number of benzene rings is 1. The molecule has 422 valence electrons. The summed E-state index contributed by atoms with van der Waals surface area (Å²) >= 11 is 0. The van der Waals surface area contributed by atoms with Gasteiger partial charge in [-0.05, 0) is 63.6 Å². The van der Waals surface area contributed by atoms with Crippen molar-refractivity contribution in [2.45, 2.75) is 127 Å². The van der Waals surface area contributed by atoms with Crippen molar-refractivity contribution in [3.63, 3.8) is 0 Å². The van der Waals surface area contributed by atoms with E-state index < -0.39 is 127 Å². The number of unbranched alkanes of at least 4 members (excludes halogenated alkanes) is 1. The molecule has 0 unspecified atom stereocenters. The average molecular weight is 1090 g/mol. The van der Waals surface area contributed by atoms with Gasteiger partial charge in [-0.3, -0.25) is 43.3 Å². The fourth-order valence-electron chi connectivity index (χ4n) is 9.39. The summed E-state index contributed by atoms with van der Waals surface area (Å²) in [6.07, 6.45) is -4.99. The summed E-state index contributed by atoms with van der Waals surface area (Å²) in [5, 5.41) is 71.2. The Morgan fingerprint density at radius 3 is 2.21 bits per heavy atom. The second-order valence-electron chi connectivity index (χ2n) is 19.4. The predicted octanol–water partition coefficient (Wildman–Crippen LogP) is -3.29. The number of aromatic nitrogens is 2. The summed E-state index contributed by atoms with van der Waals surface area (Å²) in [6.45, 7) is 2.50. The molecule has 1 aromatic carbocycles. The number of carbonyl (C=O) groups is 8. The Balaban J connectivity index is 0.899. The first kappa shape index (κ1) is 58.3. The number of hydrogen-bond acceptors (Lipinski definition) is 20. The molecule has 0 spiro atoms. The van der Waals surface area contributed by atoms with Crippen molar-refractivity contribution < 1.29 is 87.9 Å². The number of rotatable bonds is 26. The van der Waals surface area contributed by atoms with Crippen LogP contribution in [0, 0.1) is 0 Å². The van der Waals surface area contributed by atoms with Crippen LogP contribution < -0.4 is 36.3 Å². The first-order chi connectivity index (χ1) is 37.1. The van der Waals surface area contributed by atoms with Gasteiger partial charge in [0, 0.05) is 74.3 Å². The first-order valence-electron chi connectivity index (χ1n) is 25.4. The van der Waals surface area contributed by atoms with Crippen LogP contribution >= 0.6 is 0 Å². The van der Waals surface area contributed by atoms with E-state index in [1.807, 2.05) is 6.07 Å². The van der Waals surface area contributed by atoms with E-state index in [9.17, 15) is 68.7 Å². The molecule has 0 fully saturated rings. The molecule has 27 nitrogen and oxygen atoms in total. The van der Waals surface area contributed by atoms with E-state index in [4.69, 9.17) is 29.0 Å². The van der Waals surface area contributed by atoms with Crippen LogP contribution in [0.4, 0.5) is 0 Å². The second-order valence-corrected chi connectivity index (χ2v) is 19.4. The maximum absolute atomic E-state index is 13.9. The molecule has 7 rings (SSSR count). The second kappa shape index (κ2) is 24.9. The number of aliphatic hydroxyl groups excluding tert-OH is 5. The normalized spacial score (nSPS) is 18.7. The quantitative estimate of drug-likeness (QED) is 0.0127. The molecule has 0 radical (unpaired) electrons. The Morgan fingerprint density at radius 1 is 0.846 bits per heavy atom. The number of aliphatic hydroxyl groups is 6. The number of aryl methyl sites for hydroxylation is 1. The maximum Gasteiger partial charge on any atom is 0.343 e. The van der Waals surface area contributed by atoms with Crippen molar-refractivity contribution in [2.24, 2.45) is 0 Å². The van der Waals surface area contributed by atoms with Crippen molar-refractivity contribution in [1.82, 2.24) is 40.6 Å². The molecule has 10 N–H and O–H groups in total. The van der Waals surface area contributed by atoms with Gasteiger partial charge >= 0.3 is 5.97 Å². The summed E-state index contributed by atoms with van der Waals surface area (Å²) in [7, 11) is 1.24. The van der Waals surface area contributed by atoms with E-state index >= 15 is 0 Å². The molecule has 78 heavy (non-hydrogen) atoms. The van der Waals surface area contributed by atoms with Gasteiger partial charge in [0.2, 0.25) is 36.3 Å². The number of hydrogen-bond donors (Lipinski definition) is 10. The number of pyridine rings is 2. The molecule has 4 aliphatic heterocycles. The molecule has 8 atom stereocenters. The predicted molar refractivity (Wildman–Crippen MR) is 268 cm³/mol. The van der Waals surface area contributed by atoms with Crippen molar-refractivity contribution >= 4 is 58.2 Å². The number of imide groups is 1. The standard InChI is InChI=1S/C51H64N8O19/c1-5-51(74)31-17-34-43-29(19-59(34)49(72)30(31)22-76-50(51)73)27(28-16-37-38(78-24-77-37)18-33(28)56-43)8-6-7-15-75-23-52-46(69)25(2)53-47(70)26(3)54-48(71)32(55-39(63)13-14-58-41(65)11-12-42(58)66)9-10-40(64)57(4)20-35(61)44(67)45(68)36(62)21-60/h11-12,16-18,25-26,32,35-36,44-45,60-62,67-68,74H,5-10,13-15,19-24H2,1-4H3,(H,52,69)(H,53,70)(H,54,71)(H,55,63)/t25-,26-,32-,35-,36+,44+,45+,51-/m0/s1. The van der Waals surface area contributed by atoms with Gasteiger partial charge in [-0.1, -0.05) is 6.92 Å². The zero-order valence-corrected chi connectivity index (χ0v) is 43.3. The third-order valence-electron chi connectivity index (χ3n) is 14.1. The summed E-state index contributed by atoms with van der Waals surface area (Å²) < 4.78 is 23.8. The lowest BCUT2D eigenvalue weighted by atomic mass is 9.86. The average Bonchev–Trinajstić information content (AvgIpc) is 4.14. The monoisotopic (exact) mass is 1090 g/mol. The molecule has 0 saturated carbocycles. The van der Waals surface area contributed by atoms with Gasteiger partial charge in [0.15, 0.2) is 17.1 Å². The lowest BCUT2D eigenvalue weighted by Gasteiger charge is -2.31. The summed E-state index contributed by atoms with van der Waals surface area (Å²) in [5.74, 6) is -4.90. The number of ether oxygens (including phenoxy) is 4. The van der Waals surface area contributed by atoms with Crippen LogP contribution in [0.5, 0.6) is 11.5 Å². The highest BCUT2D eigenvalue weighted by Gasteiger charge is 2.46. The molecule has 7 amide bonds. The minimum atomic E-state index is -1.99. The molecular weight excluding hydrogens is 1030 g/mol. The zero-order chi connectivity index (χ0) is 56.7. The molecular formula is C51H64N8O19. The summed E-state index contributed by atoms with van der Waals surface area (Å²) in [5.41, 5.74) is 1.31. The summed E-state index contributed by atoms with van der Waals surface area (Å²) in [6, 6.07) is 1.38. The first-order valence-corrected chi connectivity index (χ1v) is 25.4. The van der Waals surface area contributed by atoms with E-state index in [1.54, 1.807) is 23.6 Å². The van der Waals surface area contributed by atoms with Crippen molar-refractivity contribution in [3.8, 4) is 22.9 Å². The van der Waals surface area contributed by atoms with Gasteiger partial charge in [-0.2, -0.15) is 0 Å². The smallest absolute Gasteiger partial charge is 0.343 e. The Labute approximate surface area is 445 Å². The number of esters is 1. The maximum atomic E-state index is 13.9. The van der Waals surface area contributed by atoms with Crippen LogP contribution in [0.1, 0.15) is 81.5 Å². The van der Waals surface area contributed by atoms with Crippen LogP contribution in [0.15, 0.2) is 35.1 Å². The van der Waals surface area contributed by atoms with Crippen LogP contribution in [0.25, 0.3) is 22.3 Å². The number of nitrogens with zero attached hydrogens (tertiary/aromatic N) is 4. The van der Waals surface area contributed by atoms with E-state index in [0.717, 1.165) is 38.5 Å². The largest absolute Gasteiger partial charge is 0.458 e. The highest BCUT2D eigenvalue weighted by molar-refractivity contribution is 6.13. The fourth-order valence-corrected chi connectivity index (χ4v) is 9.39. The number of fused-ring (bicyclic) bond motifs is 6. The van der Waals surface area contributed by atoms with Gasteiger partial charge in [0.1, 0.15) is 55.9 Å². The minimum absolute atomic E-state index is 0.00314. The molecule has 0 aliphatic carbocycles. The van der Waals surface area contributed by atoms with Gasteiger partial charge < -0.3 is 80.3 Å². The van der Waals surface area contributed by atoms with Crippen molar-refractivity contribution in [1.29, 1.82) is 0 Å². The Hall–Kier alpha value is -7.40. The highest BCUT2D eigenvalue weighted by atomic mass is 16.7. The molecule has 4 aliphatic rings. The zero-order valence-electron chi connectivity index (χ0n) is 43.3. The Kier molecular flexibility index (Phi) is 18.6. The number of nitrogens with one attached hydrogen (secondary N) is 4. The fraction of sp³-hybridized carbons (Fsp3) is 0.529. The van der Waals surface area contributed by atoms with Crippen LogP contribution in [0.3, 0.4) is 0 Å². The molecule has 0 bridgehead atoms. The van der Waals surface area contributed by atoms with Gasteiger partial charge in [-0.15, -0.1) is 0 Å². The molecule has 2 aromatic heterocycles. The molecule has 6 heterocycles. The lowest BCUT2D eigenvalue weighted by molar-refractivity contribution is -0.172. The molecule has 3 aromatic rings. The van der Waals surface area contributed by atoms with E-state index in [-0.39, 0.29) is 63.8 Å². The molecule has 0 saturated heterocycles. The number of cyclic esters (lactones) is 1. The van der Waals surface area contributed by atoms with Gasteiger partial charge in [0.05, 0.1) is 35.6 Å². The van der Waals surface area contributed by atoms with Crippen LogP contribution in [-0.2, 0) is 73.0 Å². The third-order valence-corrected chi connectivity index (χ3v) is 14.1. The minimum Gasteiger partial charge on any atom is -0.458 e. The lowest BCUT2D eigenvalue weighted by Crippen LogP contribution is -2.55. The van der Waals surface area contributed by atoms with Crippen molar-refractivity contribution in [3.05, 3.63) is 63.0 Å². The summed E-state index contributed by atoms with van der Waals surface area (Å²) in [4.78, 5) is 123. The Morgan fingerprint density at radius 2 is 1.51 bits per heavy atom.